The van der Waals surface area contributed by atoms with E-state index in [1.165, 1.54) is 0 Å². The molecule has 0 heterocycles. The molecule has 0 aliphatic rings. The molecule has 86 valence electrons. The van der Waals surface area contributed by atoms with Gasteiger partial charge in [0.25, 0.3) is 5.91 Å². The molecule has 0 saturated heterocycles. The molecular formula is C12H13BrClNO. The summed E-state index contributed by atoms with van der Waals surface area (Å²) >= 11 is 9.16. The third-order valence-electron chi connectivity index (χ3n) is 2.18. The van der Waals surface area contributed by atoms with Crippen molar-refractivity contribution in [2.75, 3.05) is 13.1 Å². The minimum Gasteiger partial charge on any atom is -0.335 e. The van der Waals surface area contributed by atoms with Crippen LogP contribution in [-0.4, -0.2) is 23.9 Å². The van der Waals surface area contributed by atoms with Gasteiger partial charge in [-0.25, -0.2) is 0 Å². The molecule has 0 saturated carbocycles. The van der Waals surface area contributed by atoms with Gasteiger partial charge in [0, 0.05) is 22.6 Å². The molecule has 1 aromatic carbocycles. The van der Waals surface area contributed by atoms with Crippen LogP contribution in [-0.2, 0) is 0 Å². The van der Waals surface area contributed by atoms with Crippen molar-refractivity contribution in [1.29, 1.82) is 0 Å². The van der Waals surface area contributed by atoms with Gasteiger partial charge in [0.15, 0.2) is 0 Å². The van der Waals surface area contributed by atoms with Crippen LogP contribution in [0.2, 0.25) is 5.02 Å². The zero-order valence-corrected chi connectivity index (χ0v) is 11.4. The molecule has 0 aromatic heterocycles. The molecular weight excluding hydrogens is 289 g/mol. The molecule has 1 rings (SSSR count). The van der Waals surface area contributed by atoms with E-state index in [-0.39, 0.29) is 5.91 Å². The summed E-state index contributed by atoms with van der Waals surface area (Å²) in [6, 6.07) is 5.15. The first-order valence-electron chi connectivity index (χ1n) is 4.95. The van der Waals surface area contributed by atoms with Gasteiger partial charge in [-0.2, -0.15) is 0 Å². The summed E-state index contributed by atoms with van der Waals surface area (Å²) in [7, 11) is 0. The van der Waals surface area contributed by atoms with Crippen LogP contribution < -0.4 is 0 Å². The van der Waals surface area contributed by atoms with Crippen molar-refractivity contribution in [3.05, 3.63) is 45.9 Å². The zero-order chi connectivity index (χ0) is 12.1. The molecule has 0 atom stereocenters. The molecule has 4 heteroatoms. The van der Waals surface area contributed by atoms with Gasteiger partial charge in [-0.15, -0.1) is 6.58 Å². The standard InChI is InChI=1S/C12H13BrClNO/c1-3-7-15(4-2)12(16)10-6-5-9(14)8-11(10)13/h3,5-6,8H,1,4,7H2,2H3. The molecule has 2 nitrogen and oxygen atoms in total. The Morgan fingerprint density at radius 3 is 2.81 bits per heavy atom. The van der Waals surface area contributed by atoms with Gasteiger partial charge in [0.05, 0.1) is 5.56 Å². The van der Waals surface area contributed by atoms with E-state index in [0.717, 1.165) is 0 Å². The number of likely N-dealkylation sites (N-methyl/N-ethyl adjacent to an activating group) is 1. The maximum absolute atomic E-state index is 12.1. The number of rotatable bonds is 4. The van der Waals surface area contributed by atoms with Gasteiger partial charge in [-0.3, -0.25) is 4.79 Å². The number of hydrogen-bond acceptors (Lipinski definition) is 1. The van der Waals surface area contributed by atoms with E-state index in [1.54, 1.807) is 29.2 Å². The van der Waals surface area contributed by atoms with E-state index in [2.05, 4.69) is 22.5 Å². The van der Waals surface area contributed by atoms with Gasteiger partial charge in [-0.05, 0) is 41.1 Å². The topological polar surface area (TPSA) is 20.3 Å². The molecule has 1 aromatic rings. The SMILES string of the molecule is C=CCN(CC)C(=O)c1ccc(Cl)cc1Br. The Bertz CT molecular complexity index is 406. The second-order valence-electron chi connectivity index (χ2n) is 3.26. The summed E-state index contributed by atoms with van der Waals surface area (Å²) in [6.45, 7) is 6.77. The summed E-state index contributed by atoms with van der Waals surface area (Å²) < 4.78 is 0.715. The highest BCUT2D eigenvalue weighted by Gasteiger charge is 2.15. The third-order valence-corrected chi connectivity index (χ3v) is 3.07. The number of carbonyl (C=O) groups excluding carboxylic acids is 1. The van der Waals surface area contributed by atoms with Gasteiger partial charge in [-0.1, -0.05) is 17.7 Å². The second kappa shape index (κ2) is 6.06. The Kier molecular flexibility index (Phi) is 5.03. The lowest BCUT2D eigenvalue weighted by Gasteiger charge is -2.19. The fourth-order valence-corrected chi connectivity index (χ4v) is 2.20. The first kappa shape index (κ1) is 13.3. The minimum atomic E-state index is -0.0223. The fourth-order valence-electron chi connectivity index (χ4n) is 1.34. The lowest BCUT2D eigenvalue weighted by molar-refractivity contribution is 0.0781. The maximum atomic E-state index is 12.1. The molecule has 0 radical (unpaired) electrons. The van der Waals surface area contributed by atoms with Crippen molar-refractivity contribution in [2.45, 2.75) is 6.92 Å². The molecule has 0 aliphatic carbocycles. The number of benzene rings is 1. The van der Waals surface area contributed by atoms with Gasteiger partial charge in [0.1, 0.15) is 0 Å². The first-order chi connectivity index (χ1) is 7.60. The average Bonchev–Trinajstić information content (AvgIpc) is 2.25. The lowest BCUT2D eigenvalue weighted by Crippen LogP contribution is -2.31. The Morgan fingerprint density at radius 1 is 1.62 bits per heavy atom. The minimum absolute atomic E-state index is 0.0223. The molecule has 0 spiro atoms. The number of hydrogen-bond donors (Lipinski definition) is 0. The van der Waals surface area contributed by atoms with Crippen LogP contribution in [0.3, 0.4) is 0 Å². The summed E-state index contributed by atoms with van der Waals surface area (Å²) in [5.74, 6) is -0.0223. The van der Waals surface area contributed by atoms with Gasteiger partial charge in [0.2, 0.25) is 0 Å². The van der Waals surface area contributed by atoms with E-state index >= 15 is 0 Å². The highest BCUT2D eigenvalue weighted by molar-refractivity contribution is 9.10. The summed E-state index contributed by atoms with van der Waals surface area (Å²) in [4.78, 5) is 13.8. The van der Waals surface area contributed by atoms with E-state index in [9.17, 15) is 4.79 Å². The second-order valence-corrected chi connectivity index (χ2v) is 4.55. The van der Waals surface area contributed by atoms with Gasteiger partial charge >= 0.3 is 0 Å². The number of amides is 1. The van der Waals surface area contributed by atoms with E-state index < -0.39 is 0 Å². The van der Waals surface area contributed by atoms with Crippen molar-refractivity contribution in [2.24, 2.45) is 0 Å². The van der Waals surface area contributed by atoms with E-state index in [0.29, 0.717) is 28.1 Å². The van der Waals surface area contributed by atoms with Crippen LogP contribution >= 0.6 is 27.5 Å². The van der Waals surface area contributed by atoms with E-state index in [4.69, 9.17) is 11.6 Å². The average molecular weight is 303 g/mol. The molecule has 0 unspecified atom stereocenters. The largest absolute Gasteiger partial charge is 0.335 e. The lowest BCUT2D eigenvalue weighted by atomic mass is 10.2. The number of halogens is 2. The predicted molar refractivity (Wildman–Crippen MR) is 70.9 cm³/mol. The van der Waals surface area contributed by atoms with Crippen molar-refractivity contribution < 1.29 is 4.79 Å². The molecule has 0 fully saturated rings. The molecule has 0 N–H and O–H groups in total. The van der Waals surface area contributed by atoms with Crippen LogP contribution in [0.5, 0.6) is 0 Å². The van der Waals surface area contributed by atoms with Crippen LogP contribution in [0.4, 0.5) is 0 Å². The highest BCUT2D eigenvalue weighted by Crippen LogP contribution is 2.22. The predicted octanol–water partition coefficient (Wildman–Crippen LogP) is 3.75. The molecule has 16 heavy (non-hydrogen) atoms. The molecule has 0 aliphatic heterocycles. The molecule has 0 bridgehead atoms. The van der Waals surface area contributed by atoms with Crippen molar-refractivity contribution in [3.8, 4) is 0 Å². The van der Waals surface area contributed by atoms with Crippen molar-refractivity contribution in [3.63, 3.8) is 0 Å². The summed E-state index contributed by atoms with van der Waals surface area (Å²) in [5.41, 5.74) is 0.619. The zero-order valence-electron chi connectivity index (χ0n) is 9.04. The number of carbonyl (C=O) groups is 1. The third kappa shape index (κ3) is 3.09. The Hall–Kier alpha value is -0.800. The summed E-state index contributed by atoms with van der Waals surface area (Å²) in [5, 5.41) is 0.607. The number of nitrogens with zero attached hydrogens (tertiary/aromatic N) is 1. The smallest absolute Gasteiger partial charge is 0.255 e. The summed E-state index contributed by atoms with van der Waals surface area (Å²) in [6.07, 6.45) is 1.71. The Morgan fingerprint density at radius 2 is 2.31 bits per heavy atom. The first-order valence-corrected chi connectivity index (χ1v) is 6.12. The van der Waals surface area contributed by atoms with Crippen LogP contribution in [0, 0.1) is 0 Å². The van der Waals surface area contributed by atoms with Crippen LogP contribution in [0.25, 0.3) is 0 Å². The quantitative estimate of drug-likeness (QED) is 0.776. The highest BCUT2D eigenvalue weighted by atomic mass is 79.9. The maximum Gasteiger partial charge on any atom is 0.255 e. The van der Waals surface area contributed by atoms with E-state index in [1.807, 2.05) is 6.92 Å². The Labute approximate surface area is 109 Å². The van der Waals surface area contributed by atoms with Crippen molar-refractivity contribution >= 4 is 33.4 Å². The Balaban J connectivity index is 2.98. The van der Waals surface area contributed by atoms with Crippen LogP contribution in [0.1, 0.15) is 17.3 Å². The van der Waals surface area contributed by atoms with Gasteiger partial charge < -0.3 is 4.90 Å². The van der Waals surface area contributed by atoms with Crippen molar-refractivity contribution in [1.82, 2.24) is 4.90 Å². The molecule has 1 amide bonds. The fraction of sp³-hybridized carbons (Fsp3) is 0.250. The normalized spacial score (nSPS) is 9.94. The monoisotopic (exact) mass is 301 g/mol. The van der Waals surface area contributed by atoms with Crippen LogP contribution in [0.15, 0.2) is 35.3 Å².